The molecule has 86 valence electrons. The third-order valence-corrected chi connectivity index (χ3v) is 3.14. The smallest absolute Gasteiger partial charge is 0.409 e. The van der Waals surface area contributed by atoms with E-state index in [4.69, 9.17) is 15.2 Å². The van der Waals surface area contributed by atoms with Gasteiger partial charge in [0.1, 0.15) is 11.5 Å². The number of hydrogen-bond acceptors (Lipinski definition) is 3. The number of halogens is 1. The van der Waals surface area contributed by atoms with Crippen LogP contribution in [0.5, 0.6) is 11.5 Å². The van der Waals surface area contributed by atoms with E-state index in [9.17, 15) is 4.79 Å². The standard InChI is InChI=1S/C11H12INO3/c12-9-5-8(15-6-7-1-2-7)3-4-10(9)16-11(13)14/h3-5,7H,1-2,6H2,(H2,13,14). The monoisotopic (exact) mass is 333 g/mol. The summed E-state index contributed by atoms with van der Waals surface area (Å²) >= 11 is 2.08. The summed E-state index contributed by atoms with van der Waals surface area (Å²) < 4.78 is 11.2. The third kappa shape index (κ3) is 3.26. The first-order chi connectivity index (χ1) is 7.65. The highest BCUT2D eigenvalue weighted by Gasteiger charge is 2.22. The van der Waals surface area contributed by atoms with Crippen molar-refractivity contribution in [2.75, 3.05) is 6.61 Å². The van der Waals surface area contributed by atoms with E-state index in [2.05, 4.69) is 22.6 Å². The van der Waals surface area contributed by atoms with Crippen LogP contribution in [-0.4, -0.2) is 12.7 Å². The highest BCUT2D eigenvalue weighted by molar-refractivity contribution is 14.1. The zero-order valence-electron chi connectivity index (χ0n) is 8.61. The summed E-state index contributed by atoms with van der Waals surface area (Å²) in [5.74, 6) is 1.99. The van der Waals surface area contributed by atoms with Gasteiger partial charge < -0.3 is 15.2 Å². The summed E-state index contributed by atoms with van der Waals surface area (Å²) in [5, 5.41) is 0. The van der Waals surface area contributed by atoms with Crippen LogP contribution in [0, 0.1) is 9.49 Å². The Morgan fingerprint density at radius 2 is 2.25 bits per heavy atom. The van der Waals surface area contributed by atoms with E-state index in [0.717, 1.165) is 21.8 Å². The number of carbonyl (C=O) groups excluding carboxylic acids is 1. The fraction of sp³-hybridized carbons (Fsp3) is 0.364. The van der Waals surface area contributed by atoms with Crippen LogP contribution < -0.4 is 15.2 Å². The van der Waals surface area contributed by atoms with E-state index < -0.39 is 6.09 Å². The molecular formula is C11H12INO3. The lowest BCUT2D eigenvalue weighted by Crippen LogP contribution is -2.16. The molecule has 0 heterocycles. The second-order valence-corrected chi connectivity index (χ2v) is 4.93. The third-order valence-electron chi connectivity index (χ3n) is 2.30. The number of rotatable bonds is 4. The van der Waals surface area contributed by atoms with Crippen molar-refractivity contribution in [3.8, 4) is 11.5 Å². The Labute approximate surface area is 107 Å². The molecule has 0 spiro atoms. The van der Waals surface area contributed by atoms with Crippen LogP contribution in [0.4, 0.5) is 4.79 Å². The molecule has 0 radical (unpaired) electrons. The number of benzene rings is 1. The van der Waals surface area contributed by atoms with Gasteiger partial charge in [-0.3, -0.25) is 0 Å². The molecule has 1 fully saturated rings. The van der Waals surface area contributed by atoms with E-state index in [1.165, 1.54) is 12.8 Å². The van der Waals surface area contributed by atoms with Crippen LogP contribution >= 0.6 is 22.6 Å². The highest BCUT2D eigenvalue weighted by Crippen LogP contribution is 2.31. The zero-order chi connectivity index (χ0) is 11.5. The summed E-state index contributed by atoms with van der Waals surface area (Å²) in [6.07, 6.45) is 1.73. The lowest BCUT2D eigenvalue weighted by atomic mass is 10.3. The van der Waals surface area contributed by atoms with E-state index in [0.29, 0.717) is 5.75 Å². The molecule has 2 rings (SSSR count). The number of carbonyl (C=O) groups is 1. The molecule has 0 atom stereocenters. The average Bonchev–Trinajstić information content (AvgIpc) is 3.02. The lowest BCUT2D eigenvalue weighted by Gasteiger charge is -2.08. The second-order valence-electron chi connectivity index (χ2n) is 3.77. The Balaban J connectivity index is 1.99. The van der Waals surface area contributed by atoms with Crippen LogP contribution in [0.3, 0.4) is 0 Å². The van der Waals surface area contributed by atoms with E-state index in [1.807, 2.05) is 6.07 Å². The van der Waals surface area contributed by atoms with Crippen molar-refractivity contribution in [1.82, 2.24) is 0 Å². The molecule has 5 heteroatoms. The molecule has 1 amide bonds. The molecule has 0 bridgehead atoms. The van der Waals surface area contributed by atoms with Crippen molar-refractivity contribution in [2.45, 2.75) is 12.8 Å². The summed E-state index contributed by atoms with van der Waals surface area (Å²) in [4.78, 5) is 10.6. The van der Waals surface area contributed by atoms with Gasteiger partial charge in [0.05, 0.1) is 10.2 Å². The predicted molar refractivity (Wildman–Crippen MR) is 67.6 cm³/mol. The van der Waals surface area contributed by atoms with Gasteiger partial charge >= 0.3 is 6.09 Å². The molecule has 1 saturated carbocycles. The molecular weight excluding hydrogens is 321 g/mol. The number of amides is 1. The number of ether oxygens (including phenoxy) is 2. The first-order valence-electron chi connectivity index (χ1n) is 5.05. The molecule has 4 nitrogen and oxygen atoms in total. The summed E-state index contributed by atoms with van der Waals surface area (Å²) in [6, 6.07) is 5.30. The van der Waals surface area contributed by atoms with Crippen LogP contribution in [0.2, 0.25) is 0 Å². The molecule has 1 aromatic carbocycles. The maximum Gasteiger partial charge on any atom is 0.409 e. The normalized spacial score (nSPS) is 14.6. The minimum Gasteiger partial charge on any atom is -0.493 e. The first-order valence-corrected chi connectivity index (χ1v) is 6.12. The zero-order valence-corrected chi connectivity index (χ0v) is 10.8. The van der Waals surface area contributed by atoms with Gasteiger partial charge in [-0.1, -0.05) is 0 Å². The van der Waals surface area contributed by atoms with E-state index in [1.54, 1.807) is 12.1 Å². The van der Waals surface area contributed by atoms with Gasteiger partial charge in [-0.05, 0) is 59.5 Å². The molecule has 16 heavy (non-hydrogen) atoms. The van der Waals surface area contributed by atoms with Crippen molar-refractivity contribution in [2.24, 2.45) is 11.7 Å². The van der Waals surface area contributed by atoms with Gasteiger partial charge in [-0.25, -0.2) is 4.79 Å². The van der Waals surface area contributed by atoms with Crippen molar-refractivity contribution in [3.63, 3.8) is 0 Å². The van der Waals surface area contributed by atoms with Gasteiger partial charge in [-0.2, -0.15) is 0 Å². The molecule has 1 aliphatic carbocycles. The van der Waals surface area contributed by atoms with Crippen molar-refractivity contribution < 1.29 is 14.3 Å². The highest BCUT2D eigenvalue weighted by atomic mass is 127. The molecule has 1 aromatic rings. The van der Waals surface area contributed by atoms with Gasteiger partial charge in [0.25, 0.3) is 0 Å². The summed E-state index contributed by atoms with van der Waals surface area (Å²) in [5.41, 5.74) is 4.94. The number of hydrogen-bond donors (Lipinski definition) is 1. The van der Waals surface area contributed by atoms with Crippen LogP contribution in [-0.2, 0) is 0 Å². The Morgan fingerprint density at radius 3 is 2.81 bits per heavy atom. The first kappa shape index (κ1) is 11.5. The number of nitrogens with two attached hydrogens (primary N) is 1. The molecule has 0 aliphatic heterocycles. The molecule has 0 unspecified atom stereocenters. The summed E-state index contributed by atoms with van der Waals surface area (Å²) in [7, 11) is 0. The molecule has 0 aromatic heterocycles. The predicted octanol–water partition coefficient (Wildman–Crippen LogP) is 2.54. The topological polar surface area (TPSA) is 61.6 Å². The van der Waals surface area contributed by atoms with Crippen LogP contribution in [0.15, 0.2) is 18.2 Å². The maximum absolute atomic E-state index is 10.6. The van der Waals surface area contributed by atoms with Gasteiger partial charge in [0.2, 0.25) is 0 Å². The van der Waals surface area contributed by atoms with Crippen molar-refractivity contribution in [1.29, 1.82) is 0 Å². The Morgan fingerprint density at radius 1 is 1.50 bits per heavy atom. The Kier molecular flexibility index (Phi) is 3.52. The number of primary amides is 1. The van der Waals surface area contributed by atoms with Crippen LogP contribution in [0.25, 0.3) is 0 Å². The van der Waals surface area contributed by atoms with Gasteiger partial charge in [0, 0.05) is 0 Å². The van der Waals surface area contributed by atoms with Crippen molar-refractivity contribution in [3.05, 3.63) is 21.8 Å². The minimum atomic E-state index is -0.801. The van der Waals surface area contributed by atoms with E-state index >= 15 is 0 Å². The fourth-order valence-electron chi connectivity index (χ4n) is 1.26. The van der Waals surface area contributed by atoms with Gasteiger partial charge in [0.15, 0.2) is 0 Å². The van der Waals surface area contributed by atoms with Crippen LogP contribution in [0.1, 0.15) is 12.8 Å². The maximum atomic E-state index is 10.6. The lowest BCUT2D eigenvalue weighted by molar-refractivity contribution is 0.210. The Hall–Kier alpha value is -0.980. The fourth-order valence-corrected chi connectivity index (χ4v) is 1.86. The minimum absolute atomic E-state index is 0.465. The molecule has 1 aliphatic rings. The van der Waals surface area contributed by atoms with Crippen molar-refractivity contribution >= 4 is 28.7 Å². The SMILES string of the molecule is NC(=O)Oc1ccc(OCC2CC2)cc1I. The second kappa shape index (κ2) is 4.90. The molecule has 2 N–H and O–H groups in total. The largest absolute Gasteiger partial charge is 0.493 e. The Bertz CT molecular complexity index is 404. The average molecular weight is 333 g/mol. The summed E-state index contributed by atoms with van der Waals surface area (Å²) in [6.45, 7) is 0.770. The van der Waals surface area contributed by atoms with E-state index in [-0.39, 0.29) is 0 Å². The quantitative estimate of drug-likeness (QED) is 0.862. The van der Waals surface area contributed by atoms with Gasteiger partial charge in [-0.15, -0.1) is 0 Å². The molecule has 0 saturated heterocycles.